The molecule has 178 valence electrons. The highest BCUT2D eigenvalue weighted by atomic mass is 16.1. The average molecular weight is 455 g/mol. The molecule has 1 unspecified atom stereocenters. The molecule has 3 aromatic carbocycles. The third kappa shape index (κ3) is 6.15. The molecular formula is C31H38N2O. The van der Waals surface area contributed by atoms with E-state index in [0.29, 0.717) is 17.9 Å². The fraction of sp³-hybridized carbons (Fsp3) is 0.387. The molecule has 1 atom stereocenters. The zero-order valence-corrected chi connectivity index (χ0v) is 20.6. The quantitative estimate of drug-likeness (QED) is 0.404. The van der Waals surface area contributed by atoms with Gasteiger partial charge in [-0.05, 0) is 61.9 Å². The first kappa shape index (κ1) is 24.2. The maximum atomic E-state index is 13.2. The molecule has 0 heterocycles. The second-order valence-electron chi connectivity index (χ2n) is 9.93. The fourth-order valence-corrected chi connectivity index (χ4v) is 5.72. The van der Waals surface area contributed by atoms with Crippen LogP contribution in [-0.4, -0.2) is 31.4 Å². The van der Waals surface area contributed by atoms with Crippen LogP contribution in [0.3, 0.4) is 0 Å². The molecule has 1 aliphatic carbocycles. The fourth-order valence-electron chi connectivity index (χ4n) is 5.72. The van der Waals surface area contributed by atoms with Gasteiger partial charge >= 0.3 is 0 Å². The number of carbonyl (C=O) groups excluding carboxylic acids is 1. The predicted molar refractivity (Wildman–Crippen MR) is 141 cm³/mol. The average Bonchev–Trinajstić information content (AvgIpc) is 2.87. The van der Waals surface area contributed by atoms with Crippen molar-refractivity contribution < 1.29 is 4.79 Å². The van der Waals surface area contributed by atoms with E-state index in [-0.39, 0.29) is 11.8 Å². The topological polar surface area (TPSA) is 32.3 Å². The Bertz CT molecular complexity index is 956. The number of carbonyl (C=O) groups is 1. The van der Waals surface area contributed by atoms with Gasteiger partial charge in [0.15, 0.2) is 0 Å². The highest BCUT2D eigenvalue weighted by Crippen LogP contribution is 2.40. The van der Waals surface area contributed by atoms with Crippen molar-refractivity contribution in [2.75, 3.05) is 20.6 Å². The summed E-state index contributed by atoms with van der Waals surface area (Å²) >= 11 is 0. The van der Waals surface area contributed by atoms with Crippen LogP contribution in [-0.2, 0) is 4.79 Å². The van der Waals surface area contributed by atoms with E-state index in [2.05, 4.69) is 54.6 Å². The number of amides is 1. The number of nitrogens with zero attached hydrogens (tertiary/aromatic N) is 1. The summed E-state index contributed by atoms with van der Waals surface area (Å²) in [5.74, 6) is 1.23. The lowest BCUT2D eigenvalue weighted by Gasteiger charge is -2.37. The zero-order valence-electron chi connectivity index (χ0n) is 20.6. The molecule has 1 fully saturated rings. The lowest BCUT2D eigenvalue weighted by Crippen LogP contribution is -2.33. The van der Waals surface area contributed by atoms with Crippen LogP contribution < -0.4 is 5.32 Å². The van der Waals surface area contributed by atoms with Gasteiger partial charge in [0.05, 0.1) is 5.92 Å². The van der Waals surface area contributed by atoms with Crippen LogP contribution in [0, 0.1) is 11.8 Å². The van der Waals surface area contributed by atoms with Crippen molar-refractivity contribution >= 4 is 5.91 Å². The molecule has 0 radical (unpaired) electrons. The van der Waals surface area contributed by atoms with Crippen LogP contribution in [0.2, 0.25) is 0 Å². The number of benzene rings is 3. The van der Waals surface area contributed by atoms with Crippen molar-refractivity contribution in [2.45, 2.75) is 44.1 Å². The summed E-state index contributed by atoms with van der Waals surface area (Å²) < 4.78 is 0. The summed E-state index contributed by atoms with van der Waals surface area (Å²) in [6.07, 6.45) is 6.07. The Hall–Kier alpha value is -2.91. The molecule has 3 heteroatoms. The zero-order chi connectivity index (χ0) is 23.8. The molecule has 0 aliphatic heterocycles. The lowest BCUT2D eigenvalue weighted by atomic mass is 9.75. The van der Waals surface area contributed by atoms with Gasteiger partial charge in [0.2, 0.25) is 5.91 Å². The van der Waals surface area contributed by atoms with Gasteiger partial charge < -0.3 is 10.2 Å². The predicted octanol–water partition coefficient (Wildman–Crippen LogP) is 6.43. The van der Waals surface area contributed by atoms with E-state index in [1.807, 2.05) is 60.7 Å². The first-order valence-corrected chi connectivity index (χ1v) is 12.7. The number of rotatable bonds is 9. The molecule has 0 spiro atoms. The monoisotopic (exact) mass is 454 g/mol. The highest BCUT2D eigenvalue weighted by molar-refractivity contribution is 5.87. The third-order valence-electron chi connectivity index (χ3n) is 7.42. The second kappa shape index (κ2) is 12.0. The summed E-state index contributed by atoms with van der Waals surface area (Å²) in [6, 6.07) is 31.6. The summed E-state index contributed by atoms with van der Waals surface area (Å²) in [6.45, 7) is 0.750. The van der Waals surface area contributed by atoms with Gasteiger partial charge in [-0.3, -0.25) is 4.79 Å². The van der Waals surface area contributed by atoms with Crippen molar-refractivity contribution in [3.8, 4) is 0 Å². The molecule has 0 bridgehead atoms. The van der Waals surface area contributed by atoms with Crippen LogP contribution in [0.15, 0.2) is 91.0 Å². The molecule has 1 amide bonds. The SMILES string of the molecule is CN(C)C(c1ccccc1)C1CCC(CCNC(=O)C(c2ccccc2)c2ccccc2)CC1. The molecule has 1 saturated carbocycles. The Morgan fingerprint density at radius 2 is 1.24 bits per heavy atom. The first-order valence-electron chi connectivity index (χ1n) is 12.7. The third-order valence-corrected chi connectivity index (χ3v) is 7.42. The molecule has 1 aliphatic rings. The number of hydrogen-bond donors (Lipinski definition) is 1. The summed E-state index contributed by atoms with van der Waals surface area (Å²) in [7, 11) is 4.41. The number of nitrogens with one attached hydrogen (secondary N) is 1. The molecule has 0 saturated heterocycles. The first-order chi connectivity index (χ1) is 16.6. The van der Waals surface area contributed by atoms with E-state index < -0.39 is 0 Å². The minimum Gasteiger partial charge on any atom is -0.355 e. The molecule has 4 rings (SSSR count). The summed E-state index contributed by atoms with van der Waals surface area (Å²) in [5, 5.41) is 3.26. The Morgan fingerprint density at radius 3 is 1.71 bits per heavy atom. The maximum absolute atomic E-state index is 13.2. The van der Waals surface area contributed by atoms with Crippen molar-refractivity contribution in [3.63, 3.8) is 0 Å². The maximum Gasteiger partial charge on any atom is 0.232 e. The lowest BCUT2D eigenvalue weighted by molar-refractivity contribution is -0.121. The number of hydrogen-bond acceptors (Lipinski definition) is 2. The van der Waals surface area contributed by atoms with E-state index in [9.17, 15) is 4.79 Å². The van der Waals surface area contributed by atoms with Gasteiger partial charge in [-0.15, -0.1) is 0 Å². The molecule has 0 aromatic heterocycles. The van der Waals surface area contributed by atoms with Crippen LogP contribution in [0.5, 0.6) is 0 Å². The summed E-state index contributed by atoms with van der Waals surface area (Å²) in [5.41, 5.74) is 3.51. The largest absolute Gasteiger partial charge is 0.355 e. The van der Waals surface area contributed by atoms with E-state index in [1.165, 1.54) is 31.2 Å². The smallest absolute Gasteiger partial charge is 0.232 e. The van der Waals surface area contributed by atoms with Crippen LogP contribution in [0.1, 0.15) is 60.8 Å². The minimum atomic E-state index is -0.259. The van der Waals surface area contributed by atoms with Gasteiger partial charge in [0.25, 0.3) is 0 Å². The van der Waals surface area contributed by atoms with Gasteiger partial charge in [-0.1, -0.05) is 104 Å². The normalized spacial score (nSPS) is 19.2. The highest BCUT2D eigenvalue weighted by Gasteiger charge is 2.30. The van der Waals surface area contributed by atoms with Crippen molar-refractivity contribution in [1.82, 2.24) is 10.2 Å². The van der Waals surface area contributed by atoms with Crippen molar-refractivity contribution in [2.24, 2.45) is 11.8 Å². The van der Waals surface area contributed by atoms with Crippen LogP contribution >= 0.6 is 0 Å². The second-order valence-corrected chi connectivity index (χ2v) is 9.93. The summed E-state index contributed by atoms with van der Waals surface area (Å²) in [4.78, 5) is 15.6. The minimum absolute atomic E-state index is 0.0998. The van der Waals surface area contributed by atoms with Crippen molar-refractivity contribution in [1.29, 1.82) is 0 Å². The molecule has 34 heavy (non-hydrogen) atoms. The molecule has 3 aromatic rings. The van der Waals surface area contributed by atoms with E-state index >= 15 is 0 Å². The Kier molecular flexibility index (Phi) is 8.54. The van der Waals surface area contributed by atoms with Gasteiger partial charge in [-0.2, -0.15) is 0 Å². The van der Waals surface area contributed by atoms with Gasteiger partial charge in [0.1, 0.15) is 0 Å². The Labute approximate surface area is 205 Å². The molecule has 3 nitrogen and oxygen atoms in total. The van der Waals surface area contributed by atoms with Crippen LogP contribution in [0.25, 0.3) is 0 Å². The molecular weight excluding hydrogens is 416 g/mol. The van der Waals surface area contributed by atoms with E-state index in [0.717, 1.165) is 24.1 Å². The standard InChI is InChI=1S/C31H38N2O/c1-33(2)30(27-16-10-5-11-17-27)28-20-18-24(19-21-28)22-23-32-31(34)29(25-12-6-3-7-13-25)26-14-8-4-9-15-26/h3-17,24,28-30H,18-23H2,1-2H3,(H,32,34). The van der Waals surface area contributed by atoms with Gasteiger partial charge in [-0.25, -0.2) is 0 Å². The molecule has 1 N–H and O–H groups in total. The van der Waals surface area contributed by atoms with E-state index in [4.69, 9.17) is 0 Å². The van der Waals surface area contributed by atoms with Crippen LogP contribution in [0.4, 0.5) is 0 Å². The van der Waals surface area contributed by atoms with Crippen molar-refractivity contribution in [3.05, 3.63) is 108 Å². The Morgan fingerprint density at radius 1 is 0.765 bits per heavy atom. The van der Waals surface area contributed by atoms with E-state index in [1.54, 1.807) is 0 Å². The Balaban J connectivity index is 1.30. The van der Waals surface area contributed by atoms with Gasteiger partial charge in [0, 0.05) is 12.6 Å².